The lowest BCUT2D eigenvalue weighted by atomic mass is 9.95. The van der Waals surface area contributed by atoms with Gasteiger partial charge in [0.05, 0.1) is 6.04 Å². The lowest BCUT2D eigenvalue weighted by molar-refractivity contribution is -0.118. The van der Waals surface area contributed by atoms with Gasteiger partial charge in [-0.2, -0.15) is 0 Å². The molecule has 0 saturated heterocycles. The first kappa shape index (κ1) is 13.8. The Balaban J connectivity index is 1.66. The highest BCUT2D eigenvalue weighted by Crippen LogP contribution is 2.17. The van der Waals surface area contributed by atoms with Crippen molar-refractivity contribution in [2.75, 3.05) is 5.32 Å². The van der Waals surface area contributed by atoms with E-state index in [0.29, 0.717) is 0 Å². The molecule has 1 unspecified atom stereocenters. The van der Waals surface area contributed by atoms with Gasteiger partial charge in [-0.15, -0.1) is 0 Å². The second-order valence-corrected chi connectivity index (χ2v) is 5.45. The second kappa shape index (κ2) is 6.10. The summed E-state index contributed by atoms with van der Waals surface area (Å²) in [7, 11) is 0. The number of amides is 1. The van der Waals surface area contributed by atoms with Crippen molar-refractivity contribution >= 4 is 11.6 Å². The van der Waals surface area contributed by atoms with E-state index in [4.69, 9.17) is 0 Å². The topological polar surface area (TPSA) is 41.1 Å². The minimum Gasteiger partial charge on any atom is -0.325 e. The summed E-state index contributed by atoms with van der Waals surface area (Å²) < 4.78 is 0. The Morgan fingerprint density at radius 3 is 2.57 bits per heavy atom. The Bertz CT molecular complexity index is 634. The molecule has 1 amide bonds. The quantitative estimate of drug-likeness (QED) is 0.907. The first-order valence-electron chi connectivity index (χ1n) is 7.46. The standard InChI is InChI=1S/C18H20N2O/c1-2-13-7-9-16(10-8-13)20-18(21)17-11-14-5-3-4-6-15(14)12-19-17/h3-10,17,19H,2,11-12H2,1H3,(H,20,21). The minimum absolute atomic E-state index is 0.0359. The third-order valence-electron chi connectivity index (χ3n) is 4.03. The molecule has 3 nitrogen and oxygen atoms in total. The van der Waals surface area contributed by atoms with Crippen molar-refractivity contribution in [2.45, 2.75) is 32.4 Å². The molecule has 1 heterocycles. The van der Waals surface area contributed by atoms with Crippen LogP contribution in [-0.2, 0) is 24.2 Å². The SMILES string of the molecule is CCc1ccc(NC(=O)C2Cc3ccccc3CN2)cc1. The van der Waals surface area contributed by atoms with Crippen LogP contribution >= 0.6 is 0 Å². The molecular weight excluding hydrogens is 260 g/mol. The van der Waals surface area contributed by atoms with E-state index in [9.17, 15) is 4.79 Å². The third-order valence-corrected chi connectivity index (χ3v) is 4.03. The van der Waals surface area contributed by atoms with Crippen molar-refractivity contribution in [3.05, 3.63) is 65.2 Å². The maximum Gasteiger partial charge on any atom is 0.241 e. The third kappa shape index (κ3) is 3.14. The van der Waals surface area contributed by atoms with Gasteiger partial charge in [0.1, 0.15) is 0 Å². The van der Waals surface area contributed by atoms with Crippen molar-refractivity contribution in [3.63, 3.8) is 0 Å². The number of carbonyl (C=O) groups excluding carboxylic acids is 1. The Morgan fingerprint density at radius 1 is 1.14 bits per heavy atom. The number of hydrogen-bond donors (Lipinski definition) is 2. The molecule has 3 heteroatoms. The van der Waals surface area contributed by atoms with Crippen LogP contribution in [0.5, 0.6) is 0 Å². The average molecular weight is 280 g/mol. The normalized spacial score (nSPS) is 17.1. The highest BCUT2D eigenvalue weighted by molar-refractivity contribution is 5.95. The van der Waals surface area contributed by atoms with Crippen LogP contribution in [0, 0.1) is 0 Å². The fourth-order valence-corrected chi connectivity index (χ4v) is 2.69. The van der Waals surface area contributed by atoms with E-state index in [1.165, 1.54) is 16.7 Å². The maximum absolute atomic E-state index is 12.4. The summed E-state index contributed by atoms with van der Waals surface area (Å²) in [6.45, 7) is 2.88. The number of aryl methyl sites for hydroxylation is 1. The highest BCUT2D eigenvalue weighted by atomic mass is 16.2. The molecule has 2 N–H and O–H groups in total. The van der Waals surface area contributed by atoms with Gasteiger partial charge >= 0.3 is 0 Å². The summed E-state index contributed by atoms with van der Waals surface area (Å²) >= 11 is 0. The molecule has 21 heavy (non-hydrogen) atoms. The van der Waals surface area contributed by atoms with E-state index < -0.39 is 0 Å². The number of carbonyl (C=O) groups is 1. The van der Waals surface area contributed by atoms with Crippen LogP contribution < -0.4 is 10.6 Å². The largest absolute Gasteiger partial charge is 0.325 e. The van der Waals surface area contributed by atoms with Crippen LogP contribution in [0.2, 0.25) is 0 Å². The number of rotatable bonds is 3. The molecule has 2 aromatic rings. The maximum atomic E-state index is 12.4. The van der Waals surface area contributed by atoms with Gasteiger partial charge in [0.15, 0.2) is 0 Å². The molecule has 0 aliphatic carbocycles. The van der Waals surface area contributed by atoms with Gasteiger partial charge in [-0.05, 0) is 41.7 Å². The molecule has 1 aliphatic rings. The smallest absolute Gasteiger partial charge is 0.241 e. The van der Waals surface area contributed by atoms with Gasteiger partial charge in [0.25, 0.3) is 0 Å². The van der Waals surface area contributed by atoms with E-state index in [1.54, 1.807) is 0 Å². The van der Waals surface area contributed by atoms with E-state index in [1.807, 2.05) is 24.3 Å². The molecule has 0 aromatic heterocycles. The summed E-state index contributed by atoms with van der Waals surface area (Å²) in [6.07, 6.45) is 1.75. The number of fused-ring (bicyclic) bond motifs is 1. The summed E-state index contributed by atoms with van der Waals surface area (Å²) in [5.74, 6) is 0.0359. The van der Waals surface area contributed by atoms with Crippen LogP contribution in [0.25, 0.3) is 0 Å². The molecule has 1 atom stereocenters. The monoisotopic (exact) mass is 280 g/mol. The summed E-state index contributed by atoms with van der Waals surface area (Å²) in [5, 5.41) is 6.30. The zero-order valence-corrected chi connectivity index (χ0v) is 12.2. The summed E-state index contributed by atoms with van der Waals surface area (Å²) in [4.78, 5) is 12.4. The highest BCUT2D eigenvalue weighted by Gasteiger charge is 2.23. The average Bonchev–Trinajstić information content (AvgIpc) is 2.55. The molecule has 2 aromatic carbocycles. The number of hydrogen-bond acceptors (Lipinski definition) is 2. The molecule has 0 spiro atoms. The Kier molecular flexibility index (Phi) is 4.02. The molecule has 0 bridgehead atoms. The Morgan fingerprint density at radius 2 is 1.86 bits per heavy atom. The number of nitrogens with one attached hydrogen (secondary N) is 2. The van der Waals surface area contributed by atoms with Gasteiger partial charge in [-0.1, -0.05) is 43.3 Å². The molecule has 0 saturated carbocycles. The lowest BCUT2D eigenvalue weighted by Gasteiger charge is -2.25. The number of anilines is 1. The first-order chi connectivity index (χ1) is 10.3. The molecule has 0 radical (unpaired) electrons. The molecule has 1 aliphatic heterocycles. The van der Waals surface area contributed by atoms with Crippen LogP contribution in [0.15, 0.2) is 48.5 Å². The predicted molar refractivity (Wildman–Crippen MR) is 85.2 cm³/mol. The number of benzene rings is 2. The summed E-state index contributed by atoms with van der Waals surface area (Å²) in [5.41, 5.74) is 4.68. The zero-order chi connectivity index (χ0) is 14.7. The summed E-state index contributed by atoms with van der Waals surface area (Å²) in [6, 6.07) is 16.2. The van der Waals surface area contributed by atoms with Gasteiger partial charge in [-0.25, -0.2) is 0 Å². The van der Waals surface area contributed by atoms with Gasteiger partial charge in [0.2, 0.25) is 5.91 Å². The lowest BCUT2D eigenvalue weighted by Crippen LogP contribution is -2.44. The van der Waals surface area contributed by atoms with Crippen molar-refractivity contribution in [3.8, 4) is 0 Å². The van der Waals surface area contributed by atoms with Crippen LogP contribution in [-0.4, -0.2) is 11.9 Å². The van der Waals surface area contributed by atoms with Crippen LogP contribution in [0.3, 0.4) is 0 Å². The molecule has 3 rings (SSSR count). The van der Waals surface area contributed by atoms with E-state index >= 15 is 0 Å². The Labute approximate surface area is 125 Å². The van der Waals surface area contributed by atoms with E-state index in [0.717, 1.165) is 25.1 Å². The molecule has 0 fully saturated rings. The minimum atomic E-state index is -0.161. The van der Waals surface area contributed by atoms with Gasteiger partial charge in [-0.3, -0.25) is 4.79 Å². The fraction of sp³-hybridized carbons (Fsp3) is 0.278. The fourth-order valence-electron chi connectivity index (χ4n) is 2.69. The van der Waals surface area contributed by atoms with Crippen molar-refractivity contribution < 1.29 is 4.79 Å². The Hall–Kier alpha value is -2.13. The first-order valence-corrected chi connectivity index (χ1v) is 7.46. The van der Waals surface area contributed by atoms with Gasteiger partial charge in [0, 0.05) is 12.2 Å². The van der Waals surface area contributed by atoms with Crippen molar-refractivity contribution in [1.82, 2.24) is 5.32 Å². The molecule has 108 valence electrons. The van der Waals surface area contributed by atoms with Gasteiger partial charge < -0.3 is 10.6 Å². The second-order valence-electron chi connectivity index (χ2n) is 5.45. The zero-order valence-electron chi connectivity index (χ0n) is 12.2. The van der Waals surface area contributed by atoms with E-state index in [2.05, 4.69) is 41.8 Å². The van der Waals surface area contributed by atoms with Crippen LogP contribution in [0.1, 0.15) is 23.6 Å². The predicted octanol–water partition coefficient (Wildman–Crippen LogP) is 2.90. The van der Waals surface area contributed by atoms with Crippen molar-refractivity contribution in [2.24, 2.45) is 0 Å². The van der Waals surface area contributed by atoms with E-state index in [-0.39, 0.29) is 11.9 Å². The van der Waals surface area contributed by atoms with Crippen molar-refractivity contribution in [1.29, 1.82) is 0 Å². The van der Waals surface area contributed by atoms with Crippen LogP contribution in [0.4, 0.5) is 5.69 Å². The molecular formula is C18H20N2O.